The maximum atomic E-state index is 13.4. The molecule has 0 radical (unpaired) electrons. The quantitative estimate of drug-likeness (QED) is 0.617. The topological polar surface area (TPSA) is 69.4 Å². The van der Waals surface area contributed by atoms with E-state index in [4.69, 9.17) is 5.73 Å². The first kappa shape index (κ1) is 12.3. The summed E-state index contributed by atoms with van der Waals surface area (Å²) in [6.45, 7) is 1.26. The van der Waals surface area contributed by atoms with E-state index in [9.17, 15) is 14.0 Å². The van der Waals surface area contributed by atoms with Crippen molar-refractivity contribution in [3.63, 3.8) is 0 Å². The number of carbonyl (C=O) groups is 2. The molecule has 4 nitrogen and oxygen atoms in total. The summed E-state index contributed by atoms with van der Waals surface area (Å²) in [5.41, 5.74) is 5.53. The second-order valence-corrected chi connectivity index (χ2v) is 3.27. The van der Waals surface area contributed by atoms with E-state index < -0.39 is 17.6 Å². The molecular weight excluding hydrogens is 213 g/mol. The SMILES string of the molecule is COC(=O)c1cc(C(=O)CN)c(F)cc1C. The maximum absolute atomic E-state index is 13.4. The van der Waals surface area contributed by atoms with Crippen molar-refractivity contribution in [2.75, 3.05) is 13.7 Å². The number of hydrogen-bond acceptors (Lipinski definition) is 4. The molecule has 0 saturated heterocycles. The Labute approximate surface area is 92.2 Å². The van der Waals surface area contributed by atoms with Crippen molar-refractivity contribution in [3.8, 4) is 0 Å². The van der Waals surface area contributed by atoms with E-state index in [1.165, 1.54) is 13.2 Å². The first-order valence-electron chi connectivity index (χ1n) is 4.63. The largest absolute Gasteiger partial charge is 0.465 e. The summed E-state index contributed by atoms with van der Waals surface area (Å²) in [4.78, 5) is 22.6. The van der Waals surface area contributed by atoms with Crippen molar-refractivity contribution in [1.82, 2.24) is 0 Å². The third-order valence-corrected chi connectivity index (χ3v) is 2.21. The number of esters is 1. The highest BCUT2D eigenvalue weighted by Crippen LogP contribution is 2.16. The molecule has 1 rings (SSSR count). The number of hydrogen-bond donors (Lipinski definition) is 1. The zero-order chi connectivity index (χ0) is 12.3. The number of ketones is 1. The van der Waals surface area contributed by atoms with Crippen LogP contribution in [0.4, 0.5) is 4.39 Å². The summed E-state index contributed by atoms with van der Waals surface area (Å²) in [5, 5.41) is 0. The molecule has 1 aromatic carbocycles. The van der Waals surface area contributed by atoms with Crippen LogP contribution in [0.1, 0.15) is 26.3 Å². The monoisotopic (exact) mass is 225 g/mol. The Kier molecular flexibility index (Phi) is 3.73. The van der Waals surface area contributed by atoms with Crippen LogP contribution in [0, 0.1) is 12.7 Å². The molecule has 86 valence electrons. The first-order chi connectivity index (χ1) is 7.51. The smallest absolute Gasteiger partial charge is 0.338 e. The predicted molar refractivity (Wildman–Crippen MR) is 55.9 cm³/mol. The molecule has 0 aliphatic carbocycles. The molecule has 16 heavy (non-hydrogen) atoms. The number of nitrogens with two attached hydrogens (primary N) is 1. The molecule has 0 spiro atoms. The van der Waals surface area contributed by atoms with E-state index in [2.05, 4.69) is 4.74 Å². The minimum Gasteiger partial charge on any atom is -0.465 e. The first-order valence-corrected chi connectivity index (χ1v) is 4.63. The number of methoxy groups -OCH3 is 1. The van der Waals surface area contributed by atoms with Crippen molar-refractivity contribution in [3.05, 3.63) is 34.6 Å². The second-order valence-electron chi connectivity index (χ2n) is 3.27. The Morgan fingerprint density at radius 1 is 1.38 bits per heavy atom. The van der Waals surface area contributed by atoms with Gasteiger partial charge in [0, 0.05) is 0 Å². The molecule has 0 bridgehead atoms. The van der Waals surface area contributed by atoms with Crippen LogP contribution in [0.3, 0.4) is 0 Å². The van der Waals surface area contributed by atoms with Crippen LogP contribution in [0.15, 0.2) is 12.1 Å². The van der Waals surface area contributed by atoms with Gasteiger partial charge in [0.1, 0.15) is 5.82 Å². The van der Waals surface area contributed by atoms with Gasteiger partial charge >= 0.3 is 5.97 Å². The molecule has 0 aliphatic rings. The van der Waals surface area contributed by atoms with Gasteiger partial charge in [-0.1, -0.05) is 0 Å². The minimum absolute atomic E-state index is 0.167. The summed E-state index contributed by atoms with van der Waals surface area (Å²) in [6.07, 6.45) is 0. The lowest BCUT2D eigenvalue weighted by Gasteiger charge is -2.07. The van der Waals surface area contributed by atoms with Gasteiger partial charge < -0.3 is 10.5 Å². The Hall–Kier alpha value is -1.75. The zero-order valence-corrected chi connectivity index (χ0v) is 9.04. The molecule has 0 unspecified atom stereocenters. The highest BCUT2D eigenvalue weighted by Gasteiger charge is 2.17. The lowest BCUT2D eigenvalue weighted by Crippen LogP contribution is -2.17. The Morgan fingerprint density at radius 2 is 2.00 bits per heavy atom. The molecule has 0 fully saturated rings. The molecule has 0 aromatic heterocycles. The molecule has 0 heterocycles. The van der Waals surface area contributed by atoms with Gasteiger partial charge in [-0.2, -0.15) is 0 Å². The van der Waals surface area contributed by atoms with Crippen LogP contribution in [-0.2, 0) is 4.74 Å². The molecule has 0 atom stereocenters. The fourth-order valence-corrected chi connectivity index (χ4v) is 1.33. The number of Topliss-reactive ketones (excluding diaryl/α,β-unsaturated/α-hetero) is 1. The van der Waals surface area contributed by atoms with E-state index >= 15 is 0 Å². The van der Waals surface area contributed by atoms with Gasteiger partial charge in [-0.3, -0.25) is 4.79 Å². The minimum atomic E-state index is -0.680. The van der Waals surface area contributed by atoms with Gasteiger partial charge in [0.25, 0.3) is 0 Å². The molecule has 0 saturated carbocycles. The van der Waals surface area contributed by atoms with Crippen molar-refractivity contribution >= 4 is 11.8 Å². The van der Waals surface area contributed by atoms with Crippen LogP contribution in [0.2, 0.25) is 0 Å². The van der Waals surface area contributed by atoms with E-state index in [1.54, 1.807) is 6.92 Å². The lowest BCUT2D eigenvalue weighted by molar-refractivity contribution is 0.0600. The molecule has 2 N–H and O–H groups in total. The van der Waals surface area contributed by atoms with Gasteiger partial charge in [-0.05, 0) is 24.6 Å². The third-order valence-electron chi connectivity index (χ3n) is 2.21. The lowest BCUT2D eigenvalue weighted by atomic mass is 10.0. The summed E-state index contributed by atoms with van der Waals surface area (Å²) >= 11 is 0. The third kappa shape index (κ3) is 2.25. The van der Waals surface area contributed by atoms with Crippen LogP contribution in [0.25, 0.3) is 0 Å². The highest BCUT2D eigenvalue weighted by atomic mass is 19.1. The summed E-state index contributed by atoms with van der Waals surface area (Å²) in [5.74, 6) is -1.84. The number of rotatable bonds is 3. The fraction of sp³-hybridized carbons (Fsp3) is 0.273. The Balaban J connectivity index is 3.32. The van der Waals surface area contributed by atoms with E-state index in [-0.39, 0.29) is 17.7 Å². The van der Waals surface area contributed by atoms with Crippen molar-refractivity contribution in [1.29, 1.82) is 0 Å². The van der Waals surface area contributed by atoms with Crippen molar-refractivity contribution < 1.29 is 18.7 Å². The molecule has 0 amide bonds. The van der Waals surface area contributed by atoms with E-state index in [0.29, 0.717) is 5.56 Å². The number of halogens is 1. The van der Waals surface area contributed by atoms with Gasteiger partial charge in [-0.15, -0.1) is 0 Å². The standard InChI is InChI=1S/C11H12FNO3/c1-6-3-9(12)8(10(14)5-13)4-7(6)11(15)16-2/h3-4H,5,13H2,1-2H3. The number of ether oxygens (including phenoxy) is 1. The Morgan fingerprint density at radius 3 is 2.50 bits per heavy atom. The summed E-state index contributed by atoms with van der Waals surface area (Å²) < 4.78 is 17.9. The molecular formula is C11H12FNO3. The van der Waals surface area contributed by atoms with Gasteiger partial charge in [0.2, 0.25) is 0 Å². The predicted octanol–water partition coefficient (Wildman–Crippen LogP) is 1.06. The van der Waals surface area contributed by atoms with Crippen molar-refractivity contribution in [2.45, 2.75) is 6.92 Å². The number of aryl methyl sites for hydroxylation is 1. The molecule has 0 aliphatic heterocycles. The van der Waals surface area contributed by atoms with Crippen molar-refractivity contribution in [2.24, 2.45) is 5.73 Å². The molecule has 1 aromatic rings. The zero-order valence-electron chi connectivity index (χ0n) is 9.04. The summed E-state index contributed by atoms with van der Waals surface area (Å²) in [7, 11) is 1.22. The van der Waals surface area contributed by atoms with Crippen LogP contribution < -0.4 is 5.73 Å². The van der Waals surface area contributed by atoms with Crippen LogP contribution in [0.5, 0.6) is 0 Å². The van der Waals surface area contributed by atoms with Crippen LogP contribution in [-0.4, -0.2) is 25.4 Å². The normalized spacial score (nSPS) is 10.0. The fourth-order valence-electron chi connectivity index (χ4n) is 1.33. The number of carbonyl (C=O) groups excluding carboxylic acids is 2. The maximum Gasteiger partial charge on any atom is 0.338 e. The van der Waals surface area contributed by atoms with Gasteiger partial charge in [0.15, 0.2) is 5.78 Å². The second kappa shape index (κ2) is 4.85. The van der Waals surface area contributed by atoms with E-state index in [1.807, 2.05) is 0 Å². The van der Waals surface area contributed by atoms with Crippen LogP contribution >= 0.6 is 0 Å². The highest BCUT2D eigenvalue weighted by molar-refractivity contribution is 6.01. The van der Waals surface area contributed by atoms with Gasteiger partial charge in [-0.25, -0.2) is 9.18 Å². The van der Waals surface area contributed by atoms with Gasteiger partial charge in [0.05, 0.1) is 24.8 Å². The molecule has 5 heteroatoms. The number of benzene rings is 1. The Bertz CT molecular complexity index is 406. The van der Waals surface area contributed by atoms with E-state index in [0.717, 1.165) is 6.07 Å². The average Bonchev–Trinajstić information content (AvgIpc) is 2.27. The summed E-state index contributed by atoms with van der Waals surface area (Å²) in [6, 6.07) is 2.29. The average molecular weight is 225 g/mol.